The van der Waals surface area contributed by atoms with Crippen molar-refractivity contribution in [3.05, 3.63) is 199 Å². The van der Waals surface area contributed by atoms with Gasteiger partial charge in [0, 0.05) is 28.1 Å². The average Bonchev–Trinajstić information content (AvgIpc) is 3.62. The van der Waals surface area contributed by atoms with E-state index in [1.54, 1.807) is 0 Å². The molecule has 2 heterocycles. The molecule has 7 aromatic carbocycles. The van der Waals surface area contributed by atoms with Gasteiger partial charge in [-0.3, -0.25) is 0 Å². The van der Waals surface area contributed by atoms with E-state index < -0.39 is 0 Å². The lowest BCUT2D eigenvalue weighted by atomic mass is 9.97. The molecule has 1 unspecified atom stereocenters. The van der Waals surface area contributed by atoms with Crippen molar-refractivity contribution >= 4 is 11.4 Å². The fraction of sp³-hybridized carbons (Fsp3) is 0.0426. The van der Waals surface area contributed by atoms with Crippen molar-refractivity contribution in [1.82, 2.24) is 15.0 Å². The van der Waals surface area contributed by atoms with Gasteiger partial charge < -0.3 is 4.90 Å². The first-order valence-electron chi connectivity index (χ1n) is 17.4. The Bertz CT molecular complexity index is 2410. The molecule has 0 aliphatic carbocycles. The van der Waals surface area contributed by atoms with Crippen LogP contribution in [0.3, 0.4) is 0 Å². The SMILES string of the molecule is c1ccc(-c2ccc(-c3nc(-c4ccccc4)nc(-c4ccc(-c5ccc(C6Cc7ccccc7N6c6ccccc6)cc5)cc4)n3)cc2)cc1. The molecular weight excluding hydrogens is 621 g/mol. The lowest BCUT2D eigenvalue weighted by Gasteiger charge is -2.28. The Balaban J connectivity index is 1.01. The van der Waals surface area contributed by atoms with Crippen molar-refractivity contribution in [2.75, 3.05) is 4.90 Å². The first-order chi connectivity index (χ1) is 25.3. The number of fused-ring (bicyclic) bond motifs is 1. The van der Waals surface area contributed by atoms with Gasteiger partial charge >= 0.3 is 0 Å². The molecule has 0 saturated carbocycles. The van der Waals surface area contributed by atoms with E-state index in [1.165, 1.54) is 33.6 Å². The maximum atomic E-state index is 4.98. The molecule has 242 valence electrons. The van der Waals surface area contributed by atoms with E-state index in [9.17, 15) is 0 Å². The van der Waals surface area contributed by atoms with Gasteiger partial charge in [0.1, 0.15) is 0 Å². The number of anilines is 2. The molecule has 1 aliphatic rings. The largest absolute Gasteiger partial charge is 0.333 e. The summed E-state index contributed by atoms with van der Waals surface area (Å²) in [6.07, 6.45) is 0.981. The molecular formula is C47H34N4. The summed E-state index contributed by atoms with van der Waals surface area (Å²) < 4.78 is 0. The predicted octanol–water partition coefficient (Wildman–Crippen LogP) is 11.6. The third kappa shape index (κ3) is 6.09. The molecule has 8 aromatic rings. The first kappa shape index (κ1) is 30.4. The number of benzene rings is 7. The van der Waals surface area contributed by atoms with Gasteiger partial charge in [-0.15, -0.1) is 0 Å². The molecule has 1 atom stereocenters. The Hall–Kier alpha value is -6.65. The van der Waals surface area contributed by atoms with E-state index >= 15 is 0 Å². The lowest BCUT2D eigenvalue weighted by Crippen LogP contribution is -2.19. The molecule has 0 saturated heterocycles. The van der Waals surface area contributed by atoms with Crippen LogP contribution in [0.2, 0.25) is 0 Å². The number of hydrogen-bond donors (Lipinski definition) is 0. The van der Waals surface area contributed by atoms with E-state index in [0.717, 1.165) is 34.2 Å². The second kappa shape index (κ2) is 13.3. The molecule has 1 aromatic heterocycles. The van der Waals surface area contributed by atoms with Gasteiger partial charge in [-0.05, 0) is 58.0 Å². The number of nitrogens with zero attached hydrogens (tertiary/aromatic N) is 4. The topological polar surface area (TPSA) is 41.9 Å². The van der Waals surface area contributed by atoms with Crippen LogP contribution in [0.4, 0.5) is 11.4 Å². The second-order valence-electron chi connectivity index (χ2n) is 12.9. The molecule has 1 aliphatic heterocycles. The summed E-state index contributed by atoms with van der Waals surface area (Å²) in [7, 11) is 0. The molecule has 4 nitrogen and oxygen atoms in total. The molecule has 0 bridgehead atoms. The van der Waals surface area contributed by atoms with E-state index in [1.807, 2.05) is 36.4 Å². The number of rotatable bonds is 7. The lowest BCUT2D eigenvalue weighted by molar-refractivity contribution is 0.743. The summed E-state index contributed by atoms with van der Waals surface area (Å²) in [6, 6.07) is 66.2. The maximum absolute atomic E-state index is 4.98. The molecule has 0 spiro atoms. The van der Waals surface area contributed by atoms with Crippen LogP contribution in [-0.2, 0) is 6.42 Å². The van der Waals surface area contributed by atoms with Crippen LogP contribution in [0.1, 0.15) is 17.2 Å². The molecule has 51 heavy (non-hydrogen) atoms. The van der Waals surface area contributed by atoms with Crippen LogP contribution in [0.15, 0.2) is 188 Å². The summed E-state index contributed by atoms with van der Waals surface area (Å²) in [5.74, 6) is 1.95. The van der Waals surface area contributed by atoms with Crippen LogP contribution < -0.4 is 4.90 Å². The minimum absolute atomic E-state index is 0.243. The zero-order valence-electron chi connectivity index (χ0n) is 28.0. The van der Waals surface area contributed by atoms with Crippen molar-refractivity contribution in [1.29, 1.82) is 0 Å². The molecule has 0 radical (unpaired) electrons. The average molecular weight is 655 g/mol. The van der Waals surface area contributed by atoms with Crippen LogP contribution in [0.5, 0.6) is 0 Å². The van der Waals surface area contributed by atoms with Gasteiger partial charge in [-0.25, -0.2) is 15.0 Å². The van der Waals surface area contributed by atoms with Crippen LogP contribution in [-0.4, -0.2) is 15.0 Å². The van der Waals surface area contributed by atoms with Crippen molar-refractivity contribution in [3.8, 4) is 56.4 Å². The summed E-state index contributed by atoms with van der Waals surface area (Å²) in [5.41, 5.74) is 12.7. The smallest absolute Gasteiger partial charge is 0.164 e. The van der Waals surface area contributed by atoms with E-state index in [-0.39, 0.29) is 6.04 Å². The standard InChI is InChI=1S/C47H34N4/c1-4-12-33(13-5-1)34-22-28-39(29-23-34)46-48-45(38-14-6-2-7-15-38)49-47(50-46)40-30-24-36(25-31-40)35-20-26-37(27-21-35)44-32-41-16-10-11-19-43(41)51(44)42-17-8-3-9-18-42/h1-31,44H,32H2. The quantitative estimate of drug-likeness (QED) is 0.171. The van der Waals surface area contributed by atoms with Crippen LogP contribution >= 0.6 is 0 Å². The van der Waals surface area contributed by atoms with Gasteiger partial charge in [-0.1, -0.05) is 170 Å². The molecule has 4 heteroatoms. The highest BCUT2D eigenvalue weighted by atomic mass is 15.2. The molecule has 0 amide bonds. The maximum Gasteiger partial charge on any atom is 0.164 e. The highest BCUT2D eigenvalue weighted by Crippen LogP contribution is 2.45. The first-order valence-corrected chi connectivity index (χ1v) is 17.4. The Morgan fingerprint density at radius 3 is 1.25 bits per heavy atom. The van der Waals surface area contributed by atoms with Crippen LogP contribution in [0, 0.1) is 0 Å². The van der Waals surface area contributed by atoms with Crippen molar-refractivity contribution in [2.24, 2.45) is 0 Å². The zero-order valence-corrected chi connectivity index (χ0v) is 28.0. The second-order valence-corrected chi connectivity index (χ2v) is 12.9. The normalized spacial score (nSPS) is 13.6. The minimum Gasteiger partial charge on any atom is -0.333 e. The number of aromatic nitrogens is 3. The highest BCUT2D eigenvalue weighted by molar-refractivity contribution is 5.74. The summed E-state index contributed by atoms with van der Waals surface area (Å²) in [5, 5.41) is 0. The Morgan fingerprint density at radius 1 is 0.353 bits per heavy atom. The highest BCUT2D eigenvalue weighted by Gasteiger charge is 2.31. The van der Waals surface area contributed by atoms with Gasteiger partial charge in [0.05, 0.1) is 6.04 Å². The van der Waals surface area contributed by atoms with Gasteiger partial charge in [0.15, 0.2) is 17.5 Å². The van der Waals surface area contributed by atoms with Gasteiger partial charge in [0.25, 0.3) is 0 Å². The Labute approximate surface area is 298 Å². The summed E-state index contributed by atoms with van der Waals surface area (Å²) in [6.45, 7) is 0. The summed E-state index contributed by atoms with van der Waals surface area (Å²) in [4.78, 5) is 17.3. The van der Waals surface area contributed by atoms with Crippen molar-refractivity contribution < 1.29 is 0 Å². The molecule has 0 fully saturated rings. The third-order valence-electron chi connectivity index (χ3n) is 9.70. The Kier molecular flexibility index (Phi) is 7.95. The van der Waals surface area contributed by atoms with E-state index in [2.05, 4.69) is 157 Å². The minimum atomic E-state index is 0.243. The van der Waals surface area contributed by atoms with Crippen LogP contribution in [0.25, 0.3) is 56.4 Å². The monoisotopic (exact) mass is 654 g/mol. The van der Waals surface area contributed by atoms with E-state index in [4.69, 9.17) is 15.0 Å². The van der Waals surface area contributed by atoms with E-state index in [0.29, 0.717) is 17.5 Å². The zero-order chi connectivity index (χ0) is 34.0. The van der Waals surface area contributed by atoms with Gasteiger partial charge in [0.2, 0.25) is 0 Å². The molecule has 9 rings (SSSR count). The Morgan fingerprint density at radius 2 is 0.725 bits per heavy atom. The number of para-hydroxylation sites is 2. The van der Waals surface area contributed by atoms with Gasteiger partial charge in [-0.2, -0.15) is 0 Å². The fourth-order valence-corrected chi connectivity index (χ4v) is 7.06. The predicted molar refractivity (Wildman–Crippen MR) is 208 cm³/mol. The van der Waals surface area contributed by atoms with Crippen molar-refractivity contribution in [3.63, 3.8) is 0 Å². The van der Waals surface area contributed by atoms with Crippen molar-refractivity contribution in [2.45, 2.75) is 12.5 Å². The number of hydrogen-bond acceptors (Lipinski definition) is 4. The third-order valence-corrected chi connectivity index (χ3v) is 9.70. The summed E-state index contributed by atoms with van der Waals surface area (Å²) >= 11 is 0. The molecule has 0 N–H and O–H groups in total. The fourth-order valence-electron chi connectivity index (χ4n) is 7.06.